The Morgan fingerprint density at radius 3 is 2.57 bits per heavy atom. The third-order valence-corrected chi connectivity index (χ3v) is 1.90. The van der Waals surface area contributed by atoms with Crippen LogP contribution in [0, 0.1) is 5.92 Å². The molecule has 0 aromatic heterocycles. The number of rotatable bonds is 5. The van der Waals surface area contributed by atoms with Crippen molar-refractivity contribution in [3.63, 3.8) is 0 Å². The Bertz CT molecular complexity index is 225. The molecule has 0 bridgehead atoms. The quantitative estimate of drug-likeness (QED) is 0.486. The van der Waals surface area contributed by atoms with E-state index in [2.05, 4.69) is 11.3 Å². The molecule has 0 aliphatic rings. The van der Waals surface area contributed by atoms with Crippen LogP contribution >= 0.6 is 0 Å². The van der Waals surface area contributed by atoms with Crippen LogP contribution in [-0.4, -0.2) is 37.5 Å². The van der Waals surface area contributed by atoms with Crippen molar-refractivity contribution in [1.29, 1.82) is 0 Å². The lowest BCUT2D eigenvalue weighted by Crippen LogP contribution is -2.33. The number of methoxy groups -OCH3 is 1. The lowest BCUT2D eigenvalue weighted by Gasteiger charge is -2.19. The van der Waals surface area contributed by atoms with Crippen molar-refractivity contribution in [3.8, 4) is 0 Å². The minimum Gasteiger partial charge on any atom is -0.469 e. The number of hydrogen-bond donors (Lipinski definition) is 0. The first-order valence-corrected chi connectivity index (χ1v) is 4.45. The molecular weight excluding hydrogens is 182 g/mol. The van der Waals surface area contributed by atoms with Crippen molar-refractivity contribution < 1.29 is 14.3 Å². The first-order valence-electron chi connectivity index (χ1n) is 4.45. The SMILES string of the molecule is C=CCC(=O)N(C)CC(C)C(=O)OC. The number of carbonyl (C=O) groups is 2. The molecule has 4 nitrogen and oxygen atoms in total. The summed E-state index contributed by atoms with van der Waals surface area (Å²) in [5.41, 5.74) is 0. The van der Waals surface area contributed by atoms with E-state index in [1.165, 1.54) is 12.0 Å². The molecule has 1 atom stereocenters. The second kappa shape index (κ2) is 6.18. The van der Waals surface area contributed by atoms with Crippen LogP contribution in [0.1, 0.15) is 13.3 Å². The van der Waals surface area contributed by atoms with E-state index in [1.54, 1.807) is 20.0 Å². The molecule has 80 valence electrons. The molecule has 0 saturated carbocycles. The van der Waals surface area contributed by atoms with Gasteiger partial charge in [-0.1, -0.05) is 13.0 Å². The maximum absolute atomic E-state index is 11.3. The Balaban J connectivity index is 4.04. The second-order valence-electron chi connectivity index (χ2n) is 3.19. The monoisotopic (exact) mass is 199 g/mol. The maximum Gasteiger partial charge on any atom is 0.310 e. The van der Waals surface area contributed by atoms with Gasteiger partial charge in [0, 0.05) is 20.0 Å². The van der Waals surface area contributed by atoms with E-state index in [4.69, 9.17) is 0 Å². The molecule has 1 unspecified atom stereocenters. The number of carbonyl (C=O) groups excluding carboxylic acids is 2. The van der Waals surface area contributed by atoms with Gasteiger partial charge in [-0.05, 0) is 0 Å². The summed E-state index contributed by atoms with van der Waals surface area (Å²) in [5, 5.41) is 0. The molecule has 0 aliphatic heterocycles. The van der Waals surface area contributed by atoms with Crippen molar-refractivity contribution in [2.75, 3.05) is 20.7 Å². The van der Waals surface area contributed by atoms with Gasteiger partial charge in [-0.15, -0.1) is 6.58 Å². The van der Waals surface area contributed by atoms with E-state index in [-0.39, 0.29) is 17.8 Å². The molecule has 0 radical (unpaired) electrons. The summed E-state index contributed by atoms with van der Waals surface area (Å²) >= 11 is 0. The molecule has 1 amide bonds. The van der Waals surface area contributed by atoms with Crippen molar-refractivity contribution in [2.45, 2.75) is 13.3 Å². The van der Waals surface area contributed by atoms with E-state index in [1.807, 2.05) is 0 Å². The predicted octanol–water partition coefficient (Wildman–Crippen LogP) is 0.830. The minimum absolute atomic E-state index is 0.0456. The fourth-order valence-corrected chi connectivity index (χ4v) is 1.07. The summed E-state index contributed by atoms with van der Waals surface area (Å²) in [4.78, 5) is 23.8. The van der Waals surface area contributed by atoms with Gasteiger partial charge < -0.3 is 9.64 Å². The third-order valence-electron chi connectivity index (χ3n) is 1.90. The van der Waals surface area contributed by atoms with Gasteiger partial charge in [-0.3, -0.25) is 9.59 Å². The molecule has 14 heavy (non-hydrogen) atoms. The smallest absolute Gasteiger partial charge is 0.310 e. The van der Waals surface area contributed by atoms with E-state index < -0.39 is 0 Å². The van der Waals surface area contributed by atoms with Crippen molar-refractivity contribution in [2.24, 2.45) is 5.92 Å². The summed E-state index contributed by atoms with van der Waals surface area (Å²) in [7, 11) is 3.00. The molecule has 0 rings (SSSR count). The van der Waals surface area contributed by atoms with Gasteiger partial charge in [0.25, 0.3) is 0 Å². The fraction of sp³-hybridized carbons (Fsp3) is 0.600. The van der Waals surface area contributed by atoms with Crippen LogP contribution in [-0.2, 0) is 14.3 Å². The number of esters is 1. The van der Waals surface area contributed by atoms with Crippen LogP contribution in [0.5, 0.6) is 0 Å². The fourth-order valence-electron chi connectivity index (χ4n) is 1.07. The van der Waals surface area contributed by atoms with Crippen molar-refractivity contribution >= 4 is 11.9 Å². The van der Waals surface area contributed by atoms with Crippen molar-refractivity contribution in [3.05, 3.63) is 12.7 Å². The molecule has 0 aliphatic carbocycles. The second-order valence-corrected chi connectivity index (χ2v) is 3.19. The molecule has 0 spiro atoms. The highest BCUT2D eigenvalue weighted by atomic mass is 16.5. The zero-order valence-corrected chi connectivity index (χ0v) is 8.95. The average Bonchev–Trinajstić information content (AvgIpc) is 2.16. The standard InChI is InChI=1S/C10H17NO3/c1-5-6-9(12)11(3)7-8(2)10(13)14-4/h5,8H,1,6-7H2,2-4H3. The minimum atomic E-state index is -0.303. The van der Waals surface area contributed by atoms with Gasteiger partial charge in [0.15, 0.2) is 0 Å². The van der Waals surface area contributed by atoms with Crippen LogP contribution in [0.2, 0.25) is 0 Å². The van der Waals surface area contributed by atoms with E-state index in [0.29, 0.717) is 13.0 Å². The topological polar surface area (TPSA) is 46.6 Å². The molecule has 0 aromatic carbocycles. The van der Waals surface area contributed by atoms with Crippen molar-refractivity contribution in [1.82, 2.24) is 4.90 Å². The molecule has 0 aromatic rings. The van der Waals surface area contributed by atoms with Crippen LogP contribution < -0.4 is 0 Å². The Kier molecular flexibility index (Phi) is 5.60. The first kappa shape index (κ1) is 12.7. The highest BCUT2D eigenvalue weighted by Crippen LogP contribution is 2.02. The summed E-state index contributed by atoms with van der Waals surface area (Å²) in [6.07, 6.45) is 1.84. The highest BCUT2D eigenvalue weighted by molar-refractivity contribution is 5.78. The number of amides is 1. The average molecular weight is 199 g/mol. The van der Waals surface area contributed by atoms with Gasteiger partial charge in [0.2, 0.25) is 5.91 Å². The summed E-state index contributed by atoms with van der Waals surface area (Å²) < 4.78 is 4.56. The maximum atomic E-state index is 11.3. The Hall–Kier alpha value is -1.32. The summed E-state index contributed by atoms with van der Waals surface area (Å²) in [6.45, 7) is 5.57. The van der Waals surface area contributed by atoms with Crippen LogP contribution in [0.15, 0.2) is 12.7 Å². The number of hydrogen-bond acceptors (Lipinski definition) is 3. The van der Waals surface area contributed by atoms with Gasteiger partial charge in [-0.25, -0.2) is 0 Å². The highest BCUT2D eigenvalue weighted by Gasteiger charge is 2.17. The molecule has 0 fully saturated rings. The van der Waals surface area contributed by atoms with Crippen LogP contribution in [0.3, 0.4) is 0 Å². The van der Waals surface area contributed by atoms with Gasteiger partial charge in [0.1, 0.15) is 0 Å². The summed E-state index contributed by atoms with van der Waals surface area (Å²) in [5.74, 6) is -0.641. The molecule has 4 heteroatoms. The predicted molar refractivity (Wildman–Crippen MR) is 53.6 cm³/mol. The lowest BCUT2D eigenvalue weighted by molar-refractivity contribution is -0.146. The van der Waals surface area contributed by atoms with E-state index in [0.717, 1.165) is 0 Å². The number of ether oxygens (including phenoxy) is 1. The van der Waals surface area contributed by atoms with Crippen LogP contribution in [0.4, 0.5) is 0 Å². The van der Waals surface area contributed by atoms with Gasteiger partial charge in [-0.2, -0.15) is 0 Å². The zero-order valence-electron chi connectivity index (χ0n) is 8.95. The Labute approximate surface area is 84.5 Å². The van der Waals surface area contributed by atoms with Crippen LogP contribution in [0.25, 0.3) is 0 Å². The Morgan fingerprint density at radius 2 is 2.14 bits per heavy atom. The third kappa shape index (κ3) is 4.07. The lowest BCUT2D eigenvalue weighted by atomic mass is 10.1. The molecule has 0 heterocycles. The Morgan fingerprint density at radius 1 is 1.57 bits per heavy atom. The molecular formula is C10H17NO3. The van der Waals surface area contributed by atoms with E-state index in [9.17, 15) is 9.59 Å². The first-order chi connectivity index (χ1) is 6.52. The summed E-state index contributed by atoms with van der Waals surface area (Å²) in [6, 6.07) is 0. The normalized spacial score (nSPS) is 11.6. The largest absolute Gasteiger partial charge is 0.469 e. The molecule has 0 saturated heterocycles. The number of nitrogens with zero attached hydrogens (tertiary/aromatic N) is 1. The zero-order chi connectivity index (χ0) is 11.1. The van der Waals surface area contributed by atoms with E-state index >= 15 is 0 Å². The molecule has 0 N–H and O–H groups in total. The van der Waals surface area contributed by atoms with Gasteiger partial charge in [0.05, 0.1) is 13.0 Å². The van der Waals surface area contributed by atoms with Gasteiger partial charge >= 0.3 is 5.97 Å².